The second-order valence-corrected chi connectivity index (χ2v) is 6.74. The van der Waals surface area contributed by atoms with Gasteiger partial charge in [0, 0.05) is 24.4 Å². The van der Waals surface area contributed by atoms with Gasteiger partial charge in [0.25, 0.3) is 0 Å². The lowest BCUT2D eigenvalue weighted by atomic mass is 9.80. The molecule has 0 radical (unpaired) electrons. The summed E-state index contributed by atoms with van der Waals surface area (Å²) in [6.07, 6.45) is 4.56. The highest BCUT2D eigenvalue weighted by Gasteiger charge is 2.24. The highest BCUT2D eigenvalue weighted by molar-refractivity contribution is 5.94. The highest BCUT2D eigenvalue weighted by atomic mass is 16.4. The summed E-state index contributed by atoms with van der Waals surface area (Å²) >= 11 is 0. The van der Waals surface area contributed by atoms with Gasteiger partial charge in [0.2, 0.25) is 5.91 Å². The number of nitrogens with one attached hydrogen (secondary N) is 1. The van der Waals surface area contributed by atoms with E-state index in [0.29, 0.717) is 23.6 Å². The van der Waals surface area contributed by atoms with Crippen LogP contribution in [0.3, 0.4) is 0 Å². The number of carboxylic acids is 1. The summed E-state index contributed by atoms with van der Waals surface area (Å²) in [5.41, 5.74) is 1.30. The minimum absolute atomic E-state index is 0.0390. The Morgan fingerprint density at radius 2 is 1.67 bits per heavy atom. The Labute approximate surface area is 142 Å². The van der Waals surface area contributed by atoms with Crippen LogP contribution in [0.4, 0.5) is 5.69 Å². The van der Waals surface area contributed by atoms with Gasteiger partial charge in [-0.1, -0.05) is 31.9 Å². The third-order valence-electron chi connectivity index (χ3n) is 4.66. The quantitative estimate of drug-likeness (QED) is 0.802. The van der Waals surface area contributed by atoms with Gasteiger partial charge in [0.15, 0.2) is 0 Å². The first-order valence-corrected chi connectivity index (χ1v) is 8.57. The number of carbonyl (C=O) groups excluding carboxylic acids is 2. The Balaban J connectivity index is 1.74. The molecule has 24 heavy (non-hydrogen) atoms. The molecular weight excluding hydrogens is 306 g/mol. The Kier molecular flexibility index (Phi) is 6.53. The van der Waals surface area contributed by atoms with Gasteiger partial charge in [-0.2, -0.15) is 0 Å². The Bertz CT molecular complexity index is 586. The fraction of sp³-hybridized carbons (Fsp3) is 0.526. The van der Waals surface area contributed by atoms with Crippen LogP contribution in [0.1, 0.15) is 51.0 Å². The molecule has 0 saturated heterocycles. The van der Waals surface area contributed by atoms with Crippen molar-refractivity contribution in [3.63, 3.8) is 0 Å². The third kappa shape index (κ3) is 5.80. The number of hydrogen-bond acceptors (Lipinski definition) is 3. The predicted octanol–water partition coefficient (Wildman–Crippen LogP) is 3.43. The van der Waals surface area contributed by atoms with Gasteiger partial charge < -0.3 is 10.4 Å². The SMILES string of the molecule is CC1CCC(C(=O)CCC(=O)Nc2ccc(CC(=O)O)cc2)CC1. The normalized spacial score (nSPS) is 20.4. The molecule has 0 spiro atoms. The monoisotopic (exact) mass is 331 g/mol. The molecule has 0 unspecified atom stereocenters. The molecule has 1 aromatic rings. The zero-order valence-corrected chi connectivity index (χ0v) is 14.1. The van der Waals surface area contributed by atoms with Crippen molar-refractivity contribution in [3.05, 3.63) is 29.8 Å². The van der Waals surface area contributed by atoms with Crippen molar-refractivity contribution in [1.82, 2.24) is 0 Å². The fourth-order valence-electron chi connectivity index (χ4n) is 3.13. The van der Waals surface area contributed by atoms with Gasteiger partial charge in [-0.05, 0) is 36.5 Å². The molecule has 5 heteroatoms. The first-order valence-electron chi connectivity index (χ1n) is 8.57. The van der Waals surface area contributed by atoms with Gasteiger partial charge in [0.05, 0.1) is 6.42 Å². The van der Waals surface area contributed by atoms with Crippen LogP contribution in [0.5, 0.6) is 0 Å². The number of anilines is 1. The van der Waals surface area contributed by atoms with Crippen LogP contribution in [0.2, 0.25) is 0 Å². The smallest absolute Gasteiger partial charge is 0.307 e. The number of benzene rings is 1. The summed E-state index contributed by atoms with van der Waals surface area (Å²) in [5.74, 6) is -0.0273. The molecule has 1 fully saturated rings. The molecule has 2 N–H and O–H groups in total. The Morgan fingerprint density at radius 1 is 1.04 bits per heavy atom. The number of carbonyl (C=O) groups is 3. The molecule has 1 aliphatic rings. The summed E-state index contributed by atoms with van der Waals surface area (Å²) in [6, 6.07) is 6.72. The maximum Gasteiger partial charge on any atom is 0.307 e. The lowest BCUT2D eigenvalue weighted by Gasteiger charge is -2.24. The lowest BCUT2D eigenvalue weighted by molar-refractivity contribution is -0.136. The van der Waals surface area contributed by atoms with Crippen LogP contribution in [-0.4, -0.2) is 22.8 Å². The number of rotatable bonds is 7. The van der Waals surface area contributed by atoms with E-state index in [1.165, 1.54) is 0 Å². The minimum Gasteiger partial charge on any atom is -0.481 e. The molecule has 1 saturated carbocycles. The average molecular weight is 331 g/mol. The number of Topliss-reactive ketones (excluding diaryl/α,β-unsaturated/α-hetero) is 1. The molecule has 2 rings (SSSR count). The lowest BCUT2D eigenvalue weighted by Crippen LogP contribution is -2.22. The summed E-state index contributed by atoms with van der Waals surface area (Å²) in [6.45, 7) is 2.22. The second kappa shape index (κ2) is 8.62. The maximum absolute atomic E-state index is 12.2. The molecule has 0 heterocycles. The van der Waals surface area contributed by atoms with Crippen molar-refractivity contribution < 1.29 is 19.5 Å². The van der Waals surface area contributed by atoms with Crippen LogP contribution < -0.4 is 5.32 Å². The van der Waals surface area contributed by atoms with E-state index < -0.39 is 5.97 Å². The van der Waals surface area contributed by atoms with Gasteiger partial charge in [-0.25, -0.2) is 0 Å². The zero-order chi connectivity index (χ0) is 17.5. The average Bonchev–Trinajstić information content (AvgIpc) is 2.54. The Morgan fingerprint density at radius 3 is 2.25 bits per heavy atom. The maximum atomic E-state index is 12.2. The minimum atomic E-state index is -0.887. The Hall–Kier alpha value is -2.17. The standard InChI is InChI=1S/C19H25NO4/c1-13-2-6-15(7-3-13)17(21)10-11-18(22)20-16-8-4-14(5-9-16)12-19(23)24/h4-5,8-9,13,15H,2-3,6-7,10-12H2,1H3,(H,20,22)(H,23,24). The fourth-order valence-corrected chi connectivity index (χ4v) is 3.13. The summed E-state index contributed by atoms with van der Waals surface area (Å²) in [7, 11) is 0. The predicted molar refractivity (Wildman–Crippen MR) is 91.8 cm³/mol. The first-order chi connectivity index (χ1) is 11.4. The van der Waals surface area contributed by atoms with Crippen molar-refractivity contribution in [2.75, 3.05) is 5.32 Å². The van der Waals surface area contributed by atoms with E-state index in [0.717, 1.165) is 25.7 Å². The van der Waals surface area contributed by atoms with E-state index in [1.807, 2.05) is 0 Å². The van der Waals surface area contributed by atoms with E-state index in [4.69, 9.17) is 5.11 Å². The van der Waals surface area contributed by atoms with Crippen LogP contribution in [-0.2, 0) is 20.8 Å². The molecule has 0 aliphatic heterocycles. The van der Waals surface area contributed by atoms with Crippen LogP contribution in [0.25, 0.3) is 0 Å². The van der Waals surface area contributed by atoms with Crippen LogP contribution in [0, 0.1) is 11.8 Å². The summed E-state index contributed by atoms with van der Waals surface area (Å²) in [4.78, 5) is 34.8. The van der Waals surface area contributed by atoms with Crippen LogP contribution >= 0.6 is 0 Å². The van der Waals surface area contributed by atoms with Crippen molar-refractivity contribution >= 4 is 23.3 Å². The number of hydrogen-bond donors (Lipinski definition) is 2. The van der Waals surface area contributed by atoms with E-state index in [1.54, 1.807) is 24.3 Å². The van der Waals surface area contributed by atoms with Crippen LogP contribution in [0.15, 0.2) is 24.3 Å². The van der Waals surface area contributed by atoms with Gasteiger partial charge in [-0.15, -0.1) is 0 Å². The topological polar surface area (TPSA) is 83.5 Å². The molecule has 1 aliphatic carbocycles. The van der Waals surface area contributed by atoms with Crippen molar-refractivity contribution in [3.8, 4) is 0 Å². The molecule has 0 aromatic heterocycles. The van der Waals surface area contributed by atoms with E-state index in [-0.39, 0.29) is 30.4 Å². The molecule has 0 bridgehead atoms. The molecule has 0 atom stereocenters. The van der Waals surface area contributed by atoms with Crippen molar-refractivity contribution in [2.24, 2.45) is 11.8 Å². The zero-order valence-electron chi connectivity index (χ0n) is 14.1. The van der Waals surface area contributed by atoms with Gasteiger partial charge in [0.1, 0.15) is 5.78 Å². The van der Waals surface area contributed by atoms with E-state index in [2.05, 4.69) is 12.2 Å². The second-order valence-electron chi connectivity index (χ2n) is 6.74. The van der Waals surface area contributed by atoms with Crippen molar-refractivity contribution in [2.45, 2.75) is 51.9 Å². The molecular formula is C19H25NO4. The first kappa shape index (κ1) is 18.2. The van der Waals surface area contributed by atoms with Gasteiger partial charge in [-0.3, -0.25) is 14.4 Å². The summed E-state index contributed by atoms with van der Waals surface area (Å²) < 4.78 is 0. The van der Waals surface area contributed by atoms with E-state index >= 15 is 0 Å². The molecule has 5 nitrogen and oxygen atoms in total. The van der Waals surface area contributed by atoms with Gasteiger partial charge >= 0.3 is 5.97 Å². The van der Waals surface area contributed by atoms with Crippen molar-refractivity contribution in [1.29, 1.82) is 0 Å². The molecule has 1 amide bonds. The molecule has 130 valence electrons. The largest absolute Gasteiger partial charge is 0.481 e. The number of aliphatic carboxylic acids is 1. The van der Waals surface area contributed by atoms with E-state index in [9.17, 15) is 14.4 Å². The summed E-state index contributed by atoms with van der Waals surface area (Å²) in [5, 5.41) is 11.5. The molecule has 1 aromatic carbocycles. The number of carboxylic acid groups (broad SMARTS) is 1. The number of ketones is 1. The number of amides is 1. The third-order valence-corrected chi connectivity index (χ3v) is 4.66. The highest BCUT2D eigenvalue weighted by Crippen LogP contribution is 2.29.